The quantitative estimate of drug-likeness (QED) is 0.601. The van der Waals surface area contributed by atoms with E-state index in [-0.39, 0.29) is 4.32 Å². The fraction of sp³-hybridized carbons (Fsp3) is 0.154. The monoisotopic (exact) mass is 308 g/mol. The van der Waals surface area contributed by atoms with Gasteiger partial charge in [0, 0.05) is 5.56 Å². The molecule has 0 aromatic heterocycles. The number of amides is 1. The second kappa shape index (κ2) is 6.06. The number of ether oxygens (including phenoxy) is 1. The largest absolute Gasteiger partial charge is 0.548 e. The van der Waals surface area contributed by atoms with Crippen LogP contribution in [0.15, 0.2) is 29.2 Å². The zero-order valence-corrected chi connectivity index (χ0v) is 12.1. The molecular weight excluding hydrogens is 298 g/mol. The van der Waals surface area contributed by atoms with E-state index >= 15 is 0 Å². The minimum absolute atomic E-state index is 0.209. The van der Waals surface area contributed by atoms with Gasteiger partial charge in [0.2, 0.25) is 0 Å². The van der Waals surface area contributed by atoms with E-state index in [9.17, 15) is 14.7 Å². The minimum Gasteiger partial charge on any atom is -0.548 e. The van der Waals surface area contributed by atoms with Crippen LogP contribution >= 0.6 is 24.0 Å². The molecule has 1 aromatic rings. The molecule has 1 saturated heterocycles. The Morgan fingerprint density at radius 1 is 1.50 bits per heavy atom. The van der Waals surface area contributed by atoms with Crippen molar-refractivity contribution in [2.45, 2.75) is 0 Å². The molecule has 0 N–H and O–H groups in total. The maximum atomic E-state index is 12.1. The first kappa shape index (κ1) is 14.5. The SMILES string of the molecule is COc1ccccc1C=C1SC(=S)N(CC(=O)[O-])C1=O. The lowest BCUT2D eigenvalue weighted by molar-refractivity contribution is -0.305. The summed E-state index contributed by atoms with van der Waals surface area (Å²) < 4.78 is 5.40. The van der Waals surface area contributed by atoms with Crippen LogP contribution in [0.1, 0.15) is 5.56 Å². The number of hydrogen-bond donors (Lipinski definition) is 0. The summed E-state index contributed by atoms with van der Waals surface area (Å²) in [5.74, 6) is -1.16. The minimum atomic E-state index is -1.35. The Kier molecular flexibility index (Phi) is 4.41. The predicted molar refractivity (Wildman–Crippen MR) is 77.9 cm³/mol. The van der Waals surface area contributed by atoms with Gasteiger partial charge in [-0.1, -0.05) is 42.2 Å². The fourth-order valence-electron chi connectivity index (χ4n) is 1.69. The van der Waals surface area contributed by atoms with E-state index in [0.717, 1.165) is 22.2 Å². The first-order valence-electron chi connectivity index (χ1n) is 5.61. The molecule has 5 nitrogen and oxygen atoms in total. The Labute approximate surface area is 125 Å². The maximum absolute atomic E-state index is 12.1. The number of methoxy groups -OCH3 is 1. The van der Waals surface area contributed by atoms with Crippen LogP contribution in [0.3, 0.4) is 0 Å². The Bertz CT molecular complexity index is 612. The van der Waals surface area contributed by atoms with Crippen molar-refractivity contribution in [3.05, 3.63) is 34.7 Å². The highest BCUT2D eigenvalue weighted by molar-refractivity contribution is 8.26. The van der Waals surface area contributed by atoms with Crippen molar-refractivity contribution in [3.8, 4) is 5.75 Å². The van der Waals surface area contributed by atoms with Crippen LogP contribution in [-0.4, -0.2) is 34.8 Å². The summed E-state index contributed by atoms with van der Waals surface area (Å²) in [7, 11) is 1.54. The molecule has 20 heavy (non-hydrogen) atoms. The average Bonchev–Trinajstić information content (AvgIpc) is 2.67. The second-order valence-corrected chi connectivity index (χ2v) is 5.56. The molecule has 1 aliphatic rings. The van der Waals surface area contributed by atoms with E-state index in [4.69, 9.17) is 17.0 Å². The summed E-state index contributed by atoms with van der Waals surface area (Å²) in [4.78, 5) is 24.0. The Hall–Kier alpha value is -1.86. The number of rotatable bonds is 4. The van der Waals surface area contributed by atoms with Gasteiger partial charge in [0.25, 0.3) is 5.91 Å². The number of para-hydroxylation sites is 1. The molecule has 0 radical (unpaired) electrons. The summed E-state index contributed by atoms with van der Waals surface area (Å²) >= 11 is 6.06. The van der Waals surface area contributed by atoms with Gasteiger partial charge >= 0.3 is 0 Å². The fourth-order valence-corrected chi connectivity index (χ4v) is 2.94. The second-order valence-electron chi connectivity index (χ2n) is 3.88. The number of aliphatic carboxylic acids is 1. The van der Waals surface area contributed by atoms with Gasteiger partial charge < -0.3 is 14.6 Å². The van der Waals surface area contributed by atoms with Crippen molar-refractivity contribution in [1.29, 1.82) is 0 Å². The lowest BCUT2D eigenvalue weighted by Gasteiger charge is -2.14. The van der Waals surface area contributed by atoms with Crippen molar-refractivity contribution < 1.29 is 19.4 Å². The number of carboxylic acid groups (broad SMARTS) is 1. The Morgan fingerprint density at radius 2 is 2.20 bits per heavy atom. The van der Waals surface area contributed by atoms with Gasteiger partial charge in [-0.15, -0.1) is 0 Å². The Morgan fingerprint density at radius 3 is 2.85 bits per heavy atom. The number of carbonyl (C=O) groups excluding carboxylic acids is 2. The molecule has 1 amide bonds. The number of carbonyl (C=O) groups is 2. The first-order valence-corrected chi connectivity index (χ1v) is 6.83. The summed E-state index contributed by atoms with van der Waals surface area (Å²) in [5, 5.41) is 10.6. The van der Waals surface area contributed by atoms with Gasteiger partial charge in [-0.05, 0) is 12.1 Å². The van der Waals surface area contributed by atoms with E-state index in [2.05, 4.69) is 0 Å². The van der Waals surface area contributed by atoms with Crippen LogP contribution < -0.4 is 9.84 Å². The number of hydrogen-bond acceptors (Lipinski definition) is 6. The van der Waals surface area contributed by atoms with E-state index in [1.807, 2.05) is 12.1 Å². The third-order valence-corrected chi connectivity index (χ3v) is 3.96. The molecule has 0 unspecified atom stereocenters. The van der Waals surface area contributed by atoms with Crippen molar-refractivity contribution in [3.63, 3.8) is 0 Å². The van der Waals surface area contributed by atoms with Crippen LogP contribution in [-0.2, 0) is 9.59 Å². The van der Waals surface area contributed by atoms with Crippen LogP contribution in [0, 0.1) is 0 Å². The van der Waals surface area contributed by atoms with Crippen LogP contribution in [0.25, 0.3) is 6.08 Å². The van der Waals surface area contributed by atoms with Gasteiger partial charge in [-0.3, -0.25) is 9.69 Å². The lowest BCUT2D eigenvalue weighted by atomic mass is 10.2. The average molecular weight is 308 g/mol. The smallest absolute Gasteiger partial charge is 0.266 e. The van der Waals surface area contributed by atoms with Crippen LogP contribution in [0.5, 0.6) is 5.75 Å². The summed E-state index contributed by atoms with van der Waals surface area (Å²) in [5.41, 5.74) is 0.726. The normalized spacial score (nSPS) is 16.9. The molecule has 1 fully saturated rings. The number of nitrogens with zero attached hydrogens (tertiary/aromatic N) is 1. The first-order chi connectivity index (χ1) is 9.52. The van der Waals surface area contributed by atoms with E-state index < -0.39 is 18.4 Å². The molecule has 1 aromatic carbocycles. The van der Waals surface area contributed by atoms with Gasteiger partial charge in [-0.25, -0.2) is 0 Å². The summed E-state index contributed by atoms with van der Waals surface area (Å²) in [6.45, 7) is -0.534. The van der Waals surface area contributed by atoms with E-state index in [1.54, 1.807) is 18.2 Å². The molecule has 0 bridgehead atoms. The highest BCUT2D eigenvalue weighted by Crippen LogP contribution is 2.33. The highest BCUT2D eigenvalue weighted by Gasteiger charge is 2.32. The molecule has 0 aliphatic carbocycles. The molecule has 104 valence electrons. The number of carboxylic acids is 1. The van der Waals surface area contributed by atoms with Crippen LogP contribution in [0.4, 0.5) is 0 Å². The number of thioether (sulfide) groups is 1. The third kappa shape index (κ3) is 3.00. The Balaban J connectivity index is 2.30. The molecule has 7 heteroatoms. The zero-order valence-electron chi connectivity index (χ0n) is 10.5. The number of thiocarbonyl (C=S) groups is 1. The van der Waals surface area contributed by atoms with Crippen molar-refractivity contribution >= 4 is 46.3 Å². The molecule has 0 saturated carbocycles. The van der Waals surface area contributed by atoms with Crippen molar-refractivity contribution in [2.75, 3.05) is 13.7 Å². The number of benzene rings is 1. The van der Waals surface area contributed by atoms with Crippen LogP contribution in [0.2, 0.25) is 0 Å². The summed E-state index contributed by atoms with van der Waals surface area (Å²) in [6, 6.07) is 7.20. The molecule has 0 spiro atoms. The maximum Gasteiger partial charge on any atom is 0.266 e. The molecule has 1 heterocycles. The molecule has 2 rings (SSSR count). The summed E-state index contributed by atoms with van der Waals surface area (Å²) in [6.07, 6.45) is 1.63. The topological polar surface area (TPSA) is 69.7 Å². The van der Waals surface area contributed by atoms with Crippen molar-refractivity contribution in [2.24, 2.45) is 0 Å². The van der Waals surface area contributed by atoms with Gasteiger partial charge in [0.1, 0.15) is 10.1 Å². The third-order valence-electron chi connectivity index (χ3n) is 2.59. The molecule has 0 atom stereocenters. The van der Waals surface area contributed by atoms with Gasteiger partial charge in [0.15, 0.2) is 0 Å². The predicted octanol–water partition coefficient (Wildman–Crippen LogP) is 0.646. The molecular formula is C13H10NO4S2-. The van der Waals surface area contributed by atoms with E-state index in [0.29, 0.717) is 10.7 Å². The van der Waals surface area contributed by atoms with Gasteiger partial charge in [0.05, 0.1) is 24.5 Å². The standard InChI is InChI=1S/C13H11NO4S2/c1-18-9-5-3-2-4-8(9)6-10-12(17)14(7-11(15)16)13(19)20-10/h2-6H,7H2,1H3,(H,15,16)/p-1. The lowest BCUT2D eigenvalue weighted by Crippen LogP contribution is -2.40. The van der Waals surface area contributed by atoms with E-state index in [1.165, 1.54) is 7.11 Å². The highest BCUT2D eigenvalue weighted by atomic mass is 32.2. The van der Waals surface area contributed by atoms with Crippen molar-refractivity contribution in [1.82, 2.24) is 4.90 Å². The van der Waals surface area contributed by atoms with Gasteiger partial charge in [-0.2, -0.15) is 0 Å². The zero-order chi connectivity index (χ0) is 14.7. The molecule has 1 aliphatic heterocycles.